The van der Waals surface area contributed by atoms with Gasteiger partial charge in [-0.25, -0.2) is 0 Å². The molecule has 1 aliphatic heterocycles. The molecular weight excluding hydrogens is 376 g/mol. The van der Waals surface area contributed by atoms with Gasteiger partial charge in [-0.1, -0.05) is 31.4 Å². The Morgan fingerprint density at radius 3 is 2.53 bits per heavy atom. The molecule has 2 saturated carbocycles. The number of rotatable bonds is 5. The van der Waals surface area contributed by atoms with Crippen LogP contribution in [0, 0.1) is 0 Å². The molecule has 2 aliphatic carbocycles. The topological polar surface area (TPSA) is 60.2 Å². The number of carbonyl (C=O) groups excluding carboxylic acids is 1. The minimum atomic E-state index is -0.392. The number of ether oxygens (including phenoxy) is 1. The van der Waals surface area contributed by atoms with Gasteiger partial charge in [0.1, 0.15) is 17.9 Å². The molecule has 6 heteroatoms. The fourth-order valence-corrected chi connectivity index (χ4v) is 5.54. The molecule has 1 aromatic carbocycles. The lowest BCUT2D eigenvalue weighted by Gasteiger charge is -2.43. The van der Waals surface area contributed by atoms with Crippen LogP contribution in [0.3, 0.4) is 0 Å². The molecule has 0 N–H and O–H groups in total. The first-order valence-corrected chi connectivity index (χ1v) is 11.5. The number of nitrogens with zero attached hydrogens (tertiary/aromatic N) is 4. The van der Waals surface area contributed by atoms with E-state index in [4.69, 9.17) is 4.74 Å². The molecule has 160 valence electrons. The third kappa shape index (κ3) is 3.50. The molecule has 0 radical (unpaired) electrons. The van der Waals surface area contributed by atoms with Crippen LogP contribution in [0.5, 0.6) is 5.75 Å². The molecule has 1 saturated heterocycles. The Balaban J connectivity index is 1.40. The Labute approximate surface area is 178 Å². The summed E-state index contributed by atoms with van der Waals surface area (Å²) in [5.41, 5.74) is 0.757. The van der Waals surface area contributed by atoms with Crippen LogP contribution in [0.2, 0.25) is 0 Å². The number of amides is 1. The van der Waals surface area contributed by atoms with E-state index in [0.717, 1.165) is 68.8 Å². The maximum Gasteiger partial charge on any atom is 0.233 e. The van der Waals surface area contributed by atoms with E-state index < -0.39 is 5.41 Å². The van der Waals surface area contributed by atoms with Crippen molar-refractivity contribution in [2.24, 2.45) is 0 Å². The molecule has 1 aromatic heterocycles. The minimum absolute atomic E-state index is 0.294. The van der Waals surface area contributed by atoms with E-state index >= 15 is 0 Å². The van der Waals surface area contributed by atoms with Gasteiger partial charge in [0, 0.05) is 25.0 Å². The maximum atomic E-state index is 14.0. The summed E-state index contributed by atoms with van der Waals surface area (Å²) < 4.78 is 7.61. The molecule has 1 amide bonds. The fourth-order valence-electron chi connectivity index (χ4n) is 5.54. The van der Waals surface area contributed by atoms with Crippen LogP contribution in [0.15, 0.2) is 30.6 Å². The molecule has 0 spiro atoms. The second-order valence-corrected chi connectivity index (χ2v) is 9.29. The van der Waals surface area contributed by atoms with Crippen LogP contribution < -0.4 is 4.74 Å². The number of methoxy groups -OCH3 is 1. The smallest absolute Gasteiger partial charge is 0.233 e. The molecule has 5 rings (SSSR count). The monoisotopic (exact) mass is 408 g/mol. The zero-order valence-electron chi connectivity index (χ0n) is 17.9. The Morgan fingerprint density at radius 2 is 1.83 bits per heavy atom. The minimum Gasteiger partial charge on any atom is -0.497 e. The molecule has 1 atom stereocenters. The Hall–Kier alpha value is -2.37. The van der Waals surface area contributed by atoms with Crippen molar-refractivity contribution in [2.75, 3.05) is 20.2 Å². The van der Waals surface area contributed by atoms with E-state index in [1.165, 1.54) is 19.3 Å². The lowest BCUT2D eigenvalue weighted by Crippen LogP contribution is -2.51. The first kappa shape index (κ1) is 19.6. The molecule has 6 nitrogen and oxygen atoms in total. The number of piperidine rings is 1. The highest BCUT2D eigenvalue weighted by Crippen LogP contribution is 2.43. The van der Waals surface area contributed by atoms with Crippen LogP contribution in [-0.2, 0) is 10.2 Å². The Bertz CT molecular complexity index is 881. The zero-order valence-corrected chi connectivity index (χ0v) is 17.9. The number of benzene rings is 1. The highest BCUT2D eigenvalue weighted by atomic mass is 16.5. The molecule has 30 heavy (non-hydrogen) atoms. The summed E-state index contributed by atoms with van der Waals surface area (Å²) in [4.78, 5) is 16.2. The standard InChI is InChI=1S/C24H32N4O2/c1-30-21-11-7-19(8-12-21)24(13-3-2-4-14-24)23(29)27-15-5-6-18(16-27)22-26-25-17-28(22)20-9-10-20/h7-8,11-12,17-18,20H,2-6,9-10,13-16H2,1H3. The predicted molar refractivity (Wildman–Crippen MR) is 115 cm³/mol. The van der Waals surface area contributed by atoms with Crippen molar-refractivity contribution in [2.45, 2.75) is 75.2 Å². The molecule has 0 bridgehead atoms. The van der Waals surface area contributed by atoms with Crippen molar-refractivity contribution >= 4 is 5.91 Å². The van der Waals surface area contributed by atoms with Gasteiger partial charge in [0.25, 0.3) is 0 Å². The van der Waals surface area contributed by atoms with Gasteiger partial charge in [0.2, 0.25) is 5.91 Å². The summed E-state index contributed by atoms with van der Waals surface area (Å²) in [5.74, 6) is 2.53. The van der Waals surface area contributed by atoms with E-state index in [9.17, 15) is 4.79 Å². The lowest BCUT2D eigenvalue weighted by molar-refractivity contribution is -0.140. The molecule has 3 fully saturated rings. The maximum absolute atomic E-state index is 14.0. The fraction of sp³-hybridized carbons (Fsp3) is 0.625. The largest absolute Gasteiger partial charge is 0.497 e. The highest BCUT2D eigenvalue weighted by Gasteiger charge is 2.45. The van der Waals surface area contributed by atoms with Gasteiger partial charge in [-0.2, -0.15) is 0 Å². The summed E-state index contributed by atoms with van der Waals surface area (Å²) in [5, 5.41) is 8.66. The van der Waals surface area contributed by atoms with Gasteiger partial charge < -0.3 is 14.2 Å². The first-order chi connectivity index (χ1) is 14.7. The summed E-state index contributed by atoms with van der Waals surface area (Å²) in [6.07, 6.45) is 11.8. The number of hydrogen-bond donors (Lipinski definition) is 0. The number of hydrogen-bond acceptors (Lipinski definition) is 4. The highest BCUT2D eigenvalue weighted by molar-refractivity contribution is 5.88. The second kappa shape index (κ2) is 8.05. The van der Waals surface area contributed by atoms with Crippen molar-refractivity contribution in [1.29, 1.82) is 0 Å². The van der Waals surface area contributed by atoms with Crippen molar-refractivity contribution in [3.05, 3.63) is 42.0 Å². The Kier molecular flexibility index (Phi) is 5.25. The summed E-state index contributed by atoms with van der Waals surface area (Å²) in [6.45, 7) is 1.62. The van der Waals surface area contributed by atoms with Crippen molar-refractivity contribution in [1.82, 2.24) is 19.7 Å². The number of aromatic nitrogens is 3. The van der Waals surface area contributed by atoms with Crippen LogP contribution in [0.25, 0.3) is 0 Å². The molecule has 1 unspecified atom stereocenters. The number of carbonyl (C=O) groups is 1. The van der Waals surface area contributed by atoms with Gasteiger partial charge in [-0.15, -0.1) is 10.2 Å². The van der Waals surface area contributed by atoms with Gasteiger partial charge in [-0.3, -0.25) is 4.79 Å². The summed E-state index contributed by atoms with van der Waals surface area (Å²) >= 11 is 0. The van der Waals surface area contributed by atoms with Crippen molar-refractivity contribution in [3.8, 4) is 5.75 Å². The average Bonchev–Trinajstić information content (AvgIpc) is 3.55. The van der Waals surface area contributed by atoms with Crippen LogP contribution >= 0.6 is 0 Å². The van der Waals surface area contributed by atoms with Crippen molar-refractivity contribution in [3.63, 3.8) is 0 Å². The second-order valence-electron chi connectivity index (χ2n) is 9.29. The van der Waals surface area contributed by atoms with Gasteiger partial charge >= 0.3 is 0 Å². The van der Waals surface area contributed by atoms with Crippen LogP contribution in [-0.4, -0.2) is 45.8 Å². The van der Waals surface area contributed by atoms with Gasteiger partial charge in [0.05, 0.1) is 12.5 Å². The molecule has 3 aliphatic rings. The van der Waals surface area contributed by atoms with E-state index in [-0.39, 0.29) is 0 Å². The predicted octanol–water partition coefficient (Wildman–Crippen LogP) is 4.23. The van der Waals surface area contributed by atoms with E-state index in [0.29, 0.717) is 17.9 Å². The van der Waals surface area contributed by atoms with Crippen LogP contribution in [0.1, 0.15) is 81.1 Å². The third-order valence-electron chi connectivity index (χ3n) is 7.37. The quantitative estimate of drug-likeness (QED) is 0.743. The zero-order chi connectivity index (χ0) is 20.6. The van der Waals surface area contributed by atoms with Gasteiger partial charge in [0.15, 0.2) is 0 Å². The first-order valence-electron chi connectivity index (χ1n) is 11.5. The Morgan fingerprint density at radius 1 is 1.07 bits per heavy atom. The van der Waals surface area contributed by atoms with E-state index in [1.807, 2.05) is 18.5 Å². The van der Waals surface area contributed by atoms with E-state index in [1.54, 1.807) is 7.11 Å². The van der Waals surface area contributed by atoms with Crippen LogP contribution in [0.4, 0.5) is 0 Å². The molecule has 2 aromatic rings. The molecule has 2 heterocycles. The lowest BCUT2D eigenvalue weighted by atomic mass is 9.68. The number of likely N-dealkylation sites (tertiary alicyclic amines) is 1. The van der Waals surface area contributed by atoms with E-state index in [2.05, 4.69) is 31.8 Å². The average molecular weight is 409 g/mol. The molecular formula is C24H32N4O2. The van der Waals surface area contributed by atoms with Gasteiger partial charge in [-0.05, 0) is 56.2 Å². The normalized spacial score (nSPS) is 23.9. The summed E-state index contributed by atoms with van der Waals surface area (Å²) in [7, 11) is 1.69. The summed E-state index contributed by atoms with van der Waals surface area (Å²) in [6, 6.07) is 8.78. The third-order valence-corrected chi connectivity index (χ3v) is 7.37. The SMILES string of the molecule is COc1ccc(C2(C(=O)N3CCCC(c4nncn4C4CC4)C3)CCCCC2)cc1. The van der Waals surface area contributed by atoms with Crippen molar-refractivity contribution < 1.29 is 9.53 Å².